The molecule has 1 aromatic heterocycles. The highest BCUT2D eigenvalue weighted by Gasteiger charge is 2.33. The Morgan fingerprint density at radius 1 is 1.14 bits per heavy atom. The second kappa shape index (κ2) is 5.38. The molecule has 0 unspecified atom stereocenters. The molecule has 0 amide bonds. The third kappa shape index (κ3) is 2.72. The highest BCUT2D eigenvalue weighted by atomic mass is 19.1. The first-order valence-corrected chi connectivity index (χ1v) is 8.21. The summed E-state index contributed by atoms with van der Waals surface area (Å²) in [5.41, 5.74) is 3.57. The van der Waals surface area contributed by atoms with E-state index in [2.05, 4.69) is 4.98 Å². The molecule has 2 fully saturated rings. The standard InChI is InChI=1S/C19H20FNO/c20-19-15(13-4-5-13)10-12(11-16(19)14-6-7-14)3-8-18(22)17-2-1-9-21-17/h1-2,9-11,13-14,21H,3-8H2. The van der Waals surface area contributed by atoms with Gasteiger partial charge < -0.3 is 4.98 Å². The van der Waals surface area contributed by atoms with Crippen molar-refractivity contribution in [3.8, 4) is 0 Å². The van der Waals surface area contributed by atoms with Gasteiger partial charge in [0.15, 0.2) is 5.78 Å². The van der Waals surface area contributed by atoms with Crippen LogP contribution in [0.5, 0.6) is 0 Å². The number of hydrogen-bond acceptors (Lipinski definition) is 1. The zero-order valence-corrected chi connectivity index (χ0v) is 12.6. The Bertz CT molecular complexity index is 663. The molecule has 0 radical (unpaired) electrons. The summed E-state index contributed by atoms with van der Waals surface area (Å²) in [6, 6.07) is 7.64. The van der Waals surface area contributed by atoms with Crippen LogP contribution in [0.25, 0.3) is 0 Å². The predicted molar refractivity (Wildman–Crippen MR) is 83.8 cm³/mol. The molecule has 0 spiro atoms. The first-order chi connectivity index (χ1) is 10.7. The van der Waals surface area contributed by atoms with Crippen molar-refractivity contribution in [3.63, 3.8) is 0 Å². The average Bonchev–Trinajstić information content (AvgIpc) is 3.45. The molecule has 2 nitrogen and oxygen atoms in total. The number of hydrogen-bond donors (Lipinski definition) is 1. The Kier molecular flexibility index (Phi) is 3.36. The van der Waals surface area contributed by atoms with E-state index in [0.717, 1.165) is 42.4 Å². The first-order valence-electron chi connectivity index (χ1n) is 8.21. The minimum Gasteiger partial charge on any atom is -0.359 e. The van der Waals surface area contributed by atoms with Crippen LogP contribution in [0.2, 0.25) is 0 Å². The molecule has 22 heavy (non-hydrogen) atoms. The van der Waals surface area contributed by atoms with Gasteiger partial charge in [-0.1, -0.05) is 12.1 Å². The van der Waals surface area contributed by atoms with Gasteiger partial charge in [-0.2, -0.15) is 0 Å². The lowest BCUT2D eigenvalue weighted by atomic mass is 9.96. The second-order valence-electron chi connectivity index (χ2n) is 6.64. The number of carbonyl (C=O) groups is 1. The number of rotatable bonds is 6. The van der Waals surface area contributed by atoms with Crippen molar-refractivity contribution in [1.82, 2.24) is 4.98 Å². The zero-order valence-electron chi connectivity index (χ0n) is 12.6. The zero-order chi connectivity index (χ0) is 15.1. The van der Waals surface area contributed by atoms with Crippen molar-refractivity contribution >= 4 is 5.78 Å². The van der Waals surface area contributed by atoms with E-state index in [4.69, 9.17) is 0 Å². The molecule has 0 aliphatic heterocycles. The van der Waals surface area contributed by atoms with E-state index in [1.807, 2.05) is 18.2 Å². The molecule has 0 saturated heterocycles. The summed E-state index contributed by atoms with van der Waals surface area (Å²) in [6.45, 7) is 0. The van der Waals surface area contributed by atoms with Gasteiger partial charge >= 0.3 is 0 Å². The SMILES string of the molecule is O=C(CCc1cc(C2CC2)c(F)c(C2CC2)c1)c1ccc[nH]1. The number of benzene rings is 1. The van der Waals surface area contributed by atoms with Gasteiger partial charge in [0.05, 0.1) is 5.69 Å². The molecule has 2 saturated carbocycles. The lowest BCUT2D eigenvalue weighted by Gasteiger charge is -2.11. The third-order valence-electron chi connectivity index (χ3n) is 4.76. The number of H-pyrrole nitrogens is 1. The second-order valence-corrected chi connectivity index (χ2v) is 6.64. The number of aryl methyl sites for hydroxylation is 1. The molecule has 1 N–H and O–H groups in total. The summed E-state index contributed by atoms with van der Waals surface area (Å²) < 4.78 is 14.6. The maximum atomic E-state index is 14.6. The smallest absolute Gasteiger partial charge is 0.179 e. The van der Waals surface area contributed by atoms with Crippen LogP contribution in [0.4, 0.5) is 4.39 Å². The molecule has 1 heterocycles. The molecular weight excluding hydrogens is 277 g/mol. The highest BCUT2D eigenvalue weighted by Crippen LogP contribution is 2.47. The van der Waals surface area contributed by atoms with Gasteiger partial charge in [-0.15, -0.1) is 0 Å². The van der Waals surface area contributed by atoms with Crippen LogP contribution in [0.3, 0.4) is 0 Å². The van der Waals surface area contributed by atoms with Gasteiger partial charge in [0.25, 0.3) is 0 Å². The number of ketones is 1. The van der Waals surface area contributed by atoms with E-state index >= 15 is 0 Å². The fourth-order valence-corrected chi connectivity index (χ4v) is 3.16. The van der Waals surface area contributed by atoms with Crippen LogP contribution in [0.1, 0.15) is 71.1 Å². The van der Waals surface area contributed by atoms with Crippen molar-refractivity contribution in [3.05, 3.63) is 58.7 Å². The minimum atomic E-state index is 0.0319. The van der Waals surface area contributed by atoms with E-state index in [-0.39, 0.29) is 11.6 Å². The number of Topliss-reactive ketones (excluding diaryl/α,β-unsaturated/α-hetero) is 1. The summed E-state index contributed by atoms with van der Waals surface area (Å²) in [5, 5.41) is 0. The predicted octanol–water partition coefficient (Wildman–Crippen LogP) is 4.72. The topological polar surface area (TPSA) is 32.9 Å². The number of aromatic amines is 1. The third-order valence-corrected chi connectivity index (χ3v) is 4.76. The number of nitrogens with one attached hydrogen (secondary N) is 1. The molecule has 0 bridgehead atoms. The number of halogens is 1. The lowest BCUT2D eigenvalue weighted by Crippen LogP contribution is -2.03. The van der Waals surface area contributed by atoms with Crippen molar-refractivity contribution in [2.45, 2.75) is 50.4 Å². The van der Waals surface area contributed by atoms with Crippen LogP contribution in [-0.4, -0.2) is 10.8 Å². The summed E-state index contributed by atoms with van der Waals surface area (Å²) >= 11 is 0. The van der Waals surface area contributed by atoms with Gasteiger partial charge in [0, 0.05) is 12.6 Å². The van der Waals surface area contributed by atoms with Gasteiger partial charge in [0.2, 0.25) is 0 Å². The first kappa shape index (κ1) is 13.7. The maximum absolute atomic E-state index is 14.6. The molecule has 2 aromatic rings. The van der Waals surface area contributed by atoms with Gasteiger partial charge in [-0.25, -0.2) is 4.39 Å². The quantitative estimate of drug-likeness (QED) is 0.769. The van der Waals surface area contributed by atoms with Crippen molar-refractivity contribution in [1.29, 1.82) is 0 Å². The van der Waals surface area contributed by atoms with Crippen LogP contribution < -0.4 is 0 Å². The molecule has 1 aromatic carbocycles. The Morgan fingerprint density at radius 3 is 2.27 bits per heavy atom. The van der Waals surface area contributed by atoms with E-state index in [1.54, 1.807) is 12.3 Å². The largest absolute Gasteiger partial charge is 0.359 e. The summed E-state index contributed by atoms with van der Waals surface area (Å²) in [5.74, 6) is 0.979. The van der Waals surface area contributed by atoms with E-state index in [1.165, 1.54) is 0 Å². The normalized spacial score (nSPS) is 17.7. The van der Waals surface area contributed by atoms with Crippen LogP contribution in [0, 0.1) is 5.82 Å². The van der Waals surface area contributed by atoms with Crippen molar-refractivity contribution in [2.24, 2.45) is 0 Å². The summed E-state index contributed by atoms with van der Waals surface area (Å²) in [7, 11) is 0. The molecule has 2 aliphatic carbocycles. The monoisotopic (exact) mass is 297 g/mol. The maximum Gasteiger partial charge on any atom is 0.179 e. The Balaban J connectivity index is 1.54. The fraction of sp³-hybridized carbons (Fsp3) is 0.421. The van der Waals surface area contributed by atoms with E-state index in [9.17, 15) is 9.18 Å². The van der Waals surface area contributed by atoms with Crippen LogP contribution >= 0.6 is 0 Å². The van der Waals surface area contributed by atoms with E-state index < -0.39 is 0 Å². The summed E-state index contributed by atoms with van der Waals surface area (Å²) in [6.07, 6.45) is 7.34. The highest BCUT2D eigenvalue weighted by molar-refractivity contribution is 5.94. The molecule has 4 rings (SSSR count). The average molecular weight is 297 g/mol. The van der Waals surface area contributed by atoms with Crippen molar-refractivity contribution in [2.75, 3.05) is 0 Å². The van der Waals surface area contributed by atoms with E-state index in [0.29, 0.717) is 30.4 Å². The van der Waals surface area contributed by atoms with Gasteiger partial charge in [0.1, 0.15) is 5.82 Å². The Morgan fingerprint density at radius 2 is 1.77 bits per heavy atom. The molecule has 2 aliphatic rings. The van der Waals surface area contributed by atoms with Crippen LogP contribution in [-0.2, 0) is 6.42 Å². The molecular formula is C19H20FNO. The van der Waals surface area contributed by atoms with Crippen LogP contribution in [0.15, 0.2) is 30.5 Å². The van der Waals surface area contributed by atoms with Gasteiger partial charge in [-0.05, 0) is 72.8 Å². The minimum absolute atomic E-state index is 0.0319. The van der Waals surface area contributed by atoms with Gasteiger partial charge in [-0.3, -0.25) is 4.79 Å². The Labute approximate surface area is 129 Å². The van der Waals surface area contributed by atoms with Crippen molar-refractivity contribution < 1.29 is 9.18 Å². The fourth-order valence-electron chi connectivity index (χ4n) is 3.16. The number of carbonyl (C=O) groups excluding carboxylic acids is 1. The molecule has 0 atom stereocenters. The molecule has 114 valence electrons. The molecule has 3 heteroatoms. The number of aromatic nitrogens is 1. The summed E-state index contributed by atoms with van der Waals surface area (Å²) in [4.78, 5) is 15.1. The lowest BCUT2D eigenvalue weighted by molar-refractivity contribution is 0.0978. The Hall–Kier alpha value is -1.90.